The molecule has 1 aliphatic carbocycles. The number of carboxylic acid groups (broad SMARTS) is 1. The molecule has 4 rings (SSSR count). The zero-order valence-corrected chi connectivity index (χ0v) is 18.3. The lowest BCUT2D eigenvalue weighted by molar-refractivity contribution is 0.0755. The highest BCUT2D eigenvalue weighted by atomic mass is 16.4. The lowest BCUT2D eigenvalue weighted by atomic mass is 9.81. The van der Waals surface area contributed by atoms with Crippen LogP contribution in [0.5, 0.6) is 0 Å². The van der Waals surface area contributed by atoms with Crippen LogP contribution in [0.25, 0.3) is 22.2 Å². The number of carbonyl (C=O) groups excluding carboxylic acids is 1. The molecule has 2 aromatic carbocycles. The minimum atomic E-state index is -0.961. The first-order valence-electron chi connectivity index (χ1n) is 11.2. The summed E-state index contributed by atoms with van der Waals surface area (Å²) in [5.74, 6) is 0.836. The van der Waals surface area contributed by atoms with Gasteiger partial charge in [-0.15, -0.1) is 0 Å². The molecule has 0 spiro atoms. The Kier molecular flexibility index (Phi) is 6.69. The van der Waals surface area contributed by atoms with Crippen LogP contribution in [-0.4, -0.2) is 47.1 Å². The van der Waals surface area contributed by atoms with Gasteiger partial charge in [0.1, 0.15) is 0 Å². The van der Waals surface area contributed by atoms with E-state index in [0.29, 0.717) is 30.5 Å². The van der Waals surface area contributed by atoms with Crippen LogP contribution in [0, 0.1) is 11.8 Å². The summed E-state index contributed by atoms with van der Waals surface area (Å²) >= 11 is 0. The third-order valence-corrected chi connectivity index (χ3v) is 6.40. The van der Waals surface area contributed by atoms with Crippen LogP contribution < -0.4 is 5.32 Å². The quantitative estimate of drug-likeness (QED) is 0.572. The molecule has 1 saturated carbocycles. The number of rotatable bonds is 6. The third-order valence-electron chi connectivity index (χ3n) is 6.40. The van der Waals surface area contributed by atoms with Crippen LogP contribution >= 0.6 is 0 Å². The molecule has 6 heteroatoms. The van der Waals surface area contributed by atoms with Crippen molar-refractivity contribution in [2.75, 3.05) is 20.1 Å². The fourth-order valence-corrected chi connectivity index (χ4v) is 4.63. The fourth-order valence-electron chi connectivity index (χ4n) is 4.63. The first-order valence-corrected chi connectivity index (χ1v) is 11.2. The number of para-hydroxylation sites is 1. The monoisotopic (exact) mass is 431 g/mol. The zero-order chi connectivity index (χ0) is 22.5. The molecule has 0 unspecified atom stereocenters. The Morgan fingerprint density at radius 1 is 1.00 bits per heavy atom. The predicted molar refractivity (Wildman–Crippen MR) is 126 cm³/mol. The minimum Gasteiger partial charge on any atom is -0.465 e. The number of benzene rings is 2. The summed E-state index contributed by atoms with van der Waals surface area (Å²) < 4.78 is 0. The summed E-state index contributed by atoms with van der Waals surface area (Å²) in [7, 11) is 1.87. The molecule has 1 aromatic heterocycles. The molecular weight excluding hydrogens is 402 g/mol. The van der Waals surface area contributed by atoms with Crippen LogP contribution in [0.1, 0.15) is 36.0 Å². The lowest BCUT2D eigenvalue weighted by Crippen LogP contribution is -2.35. The summed E-state index contributed by atoms with van der Waals surface area (Å²) in [6.07, 6.45) is 3.04. The van der Waals surface area contributed by atoms with E-state index in [0.717, 1.165) is 47.8 Å². The summed E-state index contributed by atoms with van der Waals surface area (Å²) in [5.41, 5.74) is 3.28. The highest BCUT2D eigenvalue weighted by Crippen LogP contribution is 2.30. The molecular formula is C26H29N3O3. The van der Waals surface area contributed by atoms with E-state index in [1.807, 2.05) is 72.6 Å². The molecule has 0 radical (unpaired) electrons. The largest absolute Gasteiger partial charge is 0.465 e. The molecule has 1 heterocycles. The summed E-state index contributed by atoms with van der Waals surface area (Å²) in [4.78, 5) is 30.8. The molecule has 0 saturated heterocycles. The number of carbonyl (C=O) groups is 2. The first-order chi connectivity index (χ1) is 15.5. The Morgan fingerprint density at radius 3 is 2.38 bits per heavy atom. The molecule has 0 bridgehead atoms. The zero-order valence-electron chi connectivity index (χ0n) is 18.3. The molecule has 166 valence electrons. The minimum absolute atomic E-state index is 0.00967. The van der Waals surface area contributed by atoms with E-state index in [1.54, 1.807) is 0 Å². The molecule has 6 nitrogen and oxygen atoms in total. The Hall–Kier alpha value is -3.41. The molecule has 0 aliphatic heterocycles. The van der Waals surface area contributed by atoms with E-state index in [-0.39, 0.29) is 5.91 Å². The van der Waals surface area contributed by atoms with Gasteiger partial charge in [0.05, 0.1) is 16.8 Å². The maximum Gasteiger partial charge on any atom is 0.404 e. The maximum absolute atomic E-state index is 13.5. The molecule has 32 heavy (non-hydrogen) atoms. The number of nitrogens with zero attached hydrogens (tertiary/aromatic N) is 2. The van der Waals surface area contributed by atoms with E-state index in [2.05, 4.69) is 5.32 Å². The van der Waals surface area contributed by atoms with Gasteiger partial charge in [0.2, 0.25) is 0 Å². The van der Waals surface area contributed by atoms with Crippen LogP contribution in [-0.2, 0) is 0 Å². The lowest BCUT2D eigenvalue weighted by Gasteiger charge is -2.31. The van der Waals surface area contributed by atoms with Crippen molar-refractivity contribution in [1.29, 1.82) is 0 Å². The smallest absolute Gasteiger partial charge is 0.404 e. The molecule has 1 aliphatic rings. The number of nitrogens with one attached hydrogen (secondary N) is 1. The van der Waals surface area contributed by atoms with Crippen molar-refractivity contribution >= 4 is 22.9 Å². The number of hydrogen-bond acceptors (Lipinski definition) is 3. The van der Waals surface area contributed by atoms with Gasteiger partial charge >= 0.3 is 6.09 Å². The van der Waals surface area contributed by atoms with Crippen molar-refractivity contribution in [2.24, 2.45) is 11.8 Å². The Balaban J connectivity index is 1.49. The van der Waals surface area contributed by atoms with Crippen molar-refractivity contribution in [3.05, 3.63) is 66.2 Å². The van der Waals surface area contributed by atoms with Crippen LogP contribution in [0.4, 0.5) is 4.79 Å². The second-order valence-electron chi connectivity index (χ2n) is 8.70. The average molecular weight is 432 g/mol. The van der Waals surface area contributed by atoms with Gasteiger partial charge in [-0.25, -0.2) is 9.78 Å². The normalized spacial score (nSPS) is 18.3. The topological polar surface area (TPSA) is 82.5 Å². The van der Waals surface area contributed by atoms with Crippen LogP contribution in [0.15, 0.2) is 60.7 Å². The molecule has 0 atom stereocenters. The first kappa shape index (κ1) is 21.8. The van der Waals surface area contributed by atoms with E-state index < -0.39 is 6.09 Å². The fraction of sp³-hybridized carbons (Fsp3) is 0.346. The summed E-state index contributed by atoms with van der Waals surface area (Å²) in [6, 6.07) is 19.6. The van der Waals surface area contributed by atoms with Crippen molar-refractivity contribution in [1.82, 2.24) is 15.2 Å². The maximum atomic E-state index is 13.5. The number of aromatic nitrogens is 1. The van der Waals surface area contributed by atoms with E-state index in [9.17, 15) is 9.59 Å². The van der Waals surface area contributed by atoms with Gasteiger partial charge < -0.3 is 15.3 Å². The number of hydrogen-bond donors (Lipinski definition) is 2. The Morgan fingerprint density at radius 2 is 1.66 bits per heavy atom. The average Bonchev–Trinajstić information content (AvgIpc) is 2.83. The van der Waals surface area contributed by atoms with Crippen molar-refractivity contribution < 1.29 is 14.7 Å². The number of amides is 2. The number of fused-ring (bicyclic) bond motifs is 1. The standard InChI is InChI=1S/C26H29N3O3/c1-29(17-19-13-11-18(12-14-19)16-27-26(31)32)25(30)22-15-24(20-7-3-2-4-8-20)28-23-10-6-5-9-21(22)23/h2-10,15,18-19,27H,11-14,16-17H2,1H3,(H,31,32). The molecule has 1 fully saturated rings. The summed E-state index contributed by atoms with van der Waals surface area (Å²) in [6.45, 7) is 1.22. The van der Waals surface area contributed by atoms with Gasteiger partial charge in [-0.2, -0.15) is 0 Å². The highest BCUT2D eigenvalue weighted by Gasteiger charge is 2.25. The number of pyridine rings is 1. The van der Waals surface area contributed by atoms with Crippen molar-refractivity contribution in [2.45, 2.75) is 25.7 Å². The predicted octanol–water partition coefficient (Wildman–Crippen LogP) is 5.05. The highest BCUT2D eigenvalue weighted by molar-refractivity contribution is 6.07. The van der Waals surface area contributed by atoms with E-state index >= 15 is 0 Å². The Bertz CT molecular complexity index is 1090. The second kappa shape index (κ2) is 9.81. The van der Waals surface area contributed by atoms with E-state index in [4.69, 9.17) is 10.1 Å². The van der Waals surface area contributed by atoms with Crippen LogP contribution in [0.2, 0.25) is 0 Å². The van der Waals surface area contributed by atoms with Crippen molar-refractivity contribution in [3.8, 4) is 11.3 Å². The molecule has 2 amide bonds. The second-order valence-corrected chi connectivity index (χ2v) is 8.70. The Labute approximate surface area is 188 Å². The van der Waals surface area contributed by atoms with Gasteiger partial charge in [0.25, 0.3) is 5.91 Å². The SMILES string of the molecule is CN(CC1CCC(CNC(=O)O)CC1)C(=O)c1cc(-c2ccccc2)nc2ccccc12. The summed E-state index contributed by atoms with van der Waals surface area (Å²) in [5, 5.41) is 12.2. The van der Waals surface area contributed by atoms with Gasteiger partial charge in [-0.05, 0) is 49.7 Å². The third kappa shape index (κ3) is 5.07. The van der Waals surface area contributed by atoms with Crippen LogP contribution in [0.3, 0.4) is 0 Å². The van der Waals surface area contributed by atoms with E-state index in [1.165, 1.54) is 0 Å². The van der Waals surface area contributed by atoms with Gasteiger partial charge in [0.15, 0.2) is 0 Å². The van der Waals surface area contributed by atoms with Crippen molar-refractivity contribution in [3.63, 3.8) is 0 Å². The van der Waals surface area contributed by atoms with Gasteiger partial charge in [0, 0.05) is 31.1 Å². The van der Waals surface area contributed by atoms with Gasteiger partial charge in [-0.1, -0.05) is 48.5 Å². The molecule has 3 aromatic rings. The van der Waals surface area contributed by atoms with Gasteiger partial charge in [-0.3, -0.25) is 4.79 Å². The molecule has 2 N–H and O–H groups in total.